The Morgan fingerprint density at radius 1 is 0.800 bits per heavy atom. The van der Waals surface area contributed by atoms with Crippen LogP contribution in [0.15, 0.2) is 114 Å². The van der Waals surface area contributed by atoms with Gasteiger partial charge in [-0.1, -0.05) is 72.3 Å². The Kier molecular flexibility index (Phi) is 6.35. The maximum absolute atomic E-state index is 14.0. The van der Waals surface area contributed by atoms with Gasteiger partial charge in [-0.2, -0.15) is 5.10 Å². The highest BCUT2D eigenvalue weighted by Gasteiger charge is 2.39. The van der Waals surface area contributed by atoms with Gasteiger partial charge in [0.05, 0.1) is 10.6 Å². The van der Waals surface area contributed by atoms with Gasteiger partial charge in [0.25, 0.3) is 10.0 Å². The molecule has 5 nitrogen and oxygen atoms in total. The quantitative estimate of drug-likeness (QED) is 0.244. The summed E-state index contributed by atoms with van der Waals surface area (Å²) in [5.74, 6) is -0.478. The smallest absolute Gasteiger partial charge is 0.269 e. The maximum atomic E-state index is 14.0. The van der Waals surface area contributed by atoms with Crippen LogP contribution in [0.25, 0.3) is 6.08 Å². The van der Waals surface area contributed by atoms with Gasteiger partial charge in [-0.15, -0.1) is 0 Å². The number of benzene rings is 4. The first-order valence-electron chi connectivity index (χ1n) is 12.7. The number of rotatable bonds is 6. The fourth-order valence-corrected chi connectivity index (χ4v) is 6.67. The molecule has 0 spiro atoms. The predicted molar refractivity (Wildman–Crippen MR) is 152 cm³/mol. The van der Waals surface area contributed by atoms with E-state index in [9.17, 15) is 17.2 Å². The van der Waals surface area contributed by atoms with E-state index in [1.807, 2.05) is 25.1 Å². The molecule has 0 fully saturated rings. The molecule has 0 radical (unpaired) electrons. The van der Waals surface area contributed by atoms with Crippen molar-refractivity contribution < 1.29 is 17.2 Å². The number of aromatic amines is 1. The van der Waals surface area contributed by atoms with E-state index < -0.39 is 15.4 Å². The molecule has 8 heteroatoms. The van der Waals surface area contributed by atoms with E-state index in [0.717, 1.165) is 16.7 Å². The van der Waals surface area contributed by atoms with Crippen LogP contribution >= 0.6 is 0 Å². The van der Waals surface area contributed by atoms with Gasteiger partial charge in [-0.25, -0.2) is 21.5 Å². The number of aryl methyl sites for hydroxylation is 1. The van der Waals surface area contributed by atoms with Gasteiger partial charge in [0.1, 0.15) is 11.6 Å². The summed E-state index contributed by atoms with van der Waals surface area (Å²) in [5.41, 5.74) is 3.58. The van der Waals surface area contributed by atoms with Gasteiger partial charge in [0.2, 0.25) is 0 Å². The third kappa shape index (κ3) is 4.40. The molecule has 1 aromatic heterocycles. The van der Waals surface area contributed by atoms with Crippen molar-refractivity contribution >= 4 is 27.6 Å². The first kappa shape index (κ1) is 25.7. The fourth-order valence-electron chi connectivity index (χ4n) is 5.22. The van der Waals surface area contributed by atoms with E-state index in [0.29, 0.717) is 23.4 Å². The van der Waals surface area contributed by atoms with Crippen LogP contribution in [-0.2, 0) is 21.9 Å². The Balaban J connectivity index is 1.50. The van der Waals surface area contributed by atoms with Crippen LogP contribution in [0.3, 0.4) is 0 Å². The Hall–Kier alpha value is -4.56. The van der Waals surface area contributed by atoms with E-state index in [4.69, 9.17) is 0 Å². The van der Waals surface area contributed by atoms with E-state index in [-0.39, 0.29) is 22.3 Å². The zero-order valence-corrected chi connectivity index (χ0v) is 22.4. The van der Waals surface area contributed by atoms with Crippen LogP contribution in [0.5, 0.6) is 0 Å². The first-order chi connectivity index (χ1) is 19.3. The van der Waals surface area contributed by atoms with Crippen molar-refractivity contribution in [2.24, 2.45) is 0 Å². The molecule has 0 aliphatic heterocycles. The molecule has 1 aliphatic rings. The fraction of sp³-hybridized carbons (Fsp3) is 0.0938. The molecule has 0 saturated heterocycles. The predicted octanol–water partition coefficient (Wildman–Crippen LogP) is 7.08. The molecule has 1 aliphatic carbocycles. The summed E-state index contributed by atoms with van der Waals surface area (Å²) in [4.78, 5) is 0.144. The number of hydrogen-bond donors (Lipinski definition) is 1. The summed E-state index contributed by atoms with van der Waals surface area (Å²) in [6, 6.07) is 27.9. The van der Waals surface area contributed by atoms with Crippen LogP contribution in [0.2, 0.25) is 0 Å². The monoisotopic (exact) mass is 553 g/mol. The summed E-state index contributed by atoms with van der Waals surface area (Å²) in [5, 5.41) is 7.59. The number of para-hydroxylation sites is 1. The van der Waals surface area contributed by atoms with Gasteiger partial charge < -0.3 is 0 Å². The maximum Gasteiger partial charge on any atom is 0.269 e. The molecular weight excluding hydrogens is 528 g/mol. The average Bonchev–Trinajstić information content (AvgIpc) is 3.37. The molecule has 6 rings (SSSR count). The minimum Gasteiger partial charge on any atom is -0.280 e. The van der Waals surface area contributed by atoms with Gasteiger partial charge in [-0.3, -0.25) is 5.10 Å². The molecule has 40 heavy (non-hydrogen) atoms. The van der Waals surface area contributed by atoms with Crippen LogP contribution in [0.1, 0.15) is 27.9 Å². The van der Waals surface area contributed by atoms with Crippen molar-refractivity contribution in [3.8, 4) is 0 Å². The number of aromatic nitrogens is 2. The van der Waals surface area contributed by atoms with Crippen LogP contribution in [0, 0.1) is 18.6 Å². The standard InChI is InChI=1S/C32H25F2N3O2S/c1-22-7-17-28(18-8-22)40(38,39)37(27-5-3-2-4-6-27)31-29-19-20-32(21-30(29)35-36-31,23-9-13-25(33)14-10-23)24-11-15-26(34)16-12-24/h2-20H,21H2,1H3,(H,35,36). The minimum atomic E-state index is -4.04. The lowest BCUT2D eigenvalue weighted by Crippen LogP contribution is -2.31. The number of sulfonamides is 1. The lowest BCUT2D eigenvalue weighted by Gasteiger charge is -2.34. The molecule has 200 valence electrons. The molecule has 0 bridgehead atoms. The number of anilines is 2. The van der Waals surface area contributed by atoms with Crippen molar-refractivity contribution in [1.82, 2.24) is 10.2 Å². The number of nitrogens with one attached hydrogen (secondary N) is 1. The Morgan fingerprint density at radius 2 is 1.38 bits per heavy atom. The Bertz CT molecular complexity index is 1750. The van der Waals surface area contributed by atoms with E-state index in [1.54, 1.807) is 72.8 Å². The highest BCUT2D eigenvalue weighted by molar-refractivity contribution is 7.93. The molecular formula is C32H25F2N3O2S. The Morgan fingerprint density at radius 3 is 1.95 bits per heavy atom. The molecule has 0 unspecified atom stereocenters. The summed E-state index contributed by atoms with van der Waals surface area (Å²) in [6.07, 6.45) is 4.16. The van der Waals surface area contributed by atoms with E-state index in [2.05, 4.69) is 10.2 Å². The molecule has 4 aromatic carbocycles. The molecule has 0 amide bonds. The van der Waals surface area contributed by atoms with Gasteiger partial charge >= 0.3 is 0 Å². The number of fused-ring (bicyclic) bond motifs is 1. The van der Waals surface area contributed by atoms with Crippen molar-refractivity contribution in [1.29, 1.82) is 0 Å². The highest BCUT2D eigenvalue weighted by Crippen LogP contribution is 2.44. The van der Waals surface area contributed by atoms with Crippen molar-refractivity contribution in [2.75, 3.05) is 4.31 Å². The van der Waals surface area contributed by atoms with Crippen molar-refractivity contribution in [3.63, 3.8) is 0 Å². The number of nitrogens with zero attached hydrogens (tertiary/aromatic N) is 2. The van der Waals surface area contributed by atoms with Crippen LogP contribution < -0.4 is 4.31 Å². The topological polar surface area (TPSA) is 66.1 Å². The lowest BCUT2D eigenvalue weighted by atomic mass is 9.68. The third-order valence-corrected chi connectivity index (χ3v) is 9.05. The second kappa shape index (κ2) is 9.88. The largest absolute Gasteiger partial charge is 0.280 e. The van der Waals surface area contributed by atoms with Gasteiger partial charge in [0.15, 0.2) is 5.82 Å². The van der Waals surface area contributed by atoms with Gasteiger partial charge in [-0.05, 0) is 66.6 Å². The van der Waals surface area contributed by atoms with Crippen molar-refractivity contribution in [2.45, 2.75) is 23.7 Å². The normalized spacial score (nSPS) is 14.1. The highest BCUT2D eigenvalue weighted by atomic mass is 32.2. The molecule has 0 saturated carbocycles. The minimum absolute atomic E-state index is 0.144. The molecule has 1 heterocycles. The number of hydrogen-bond acceptors (Lipinski definition) is 3. The molecule has 0 atom stereocenters. The number of allylic oxidation sites excluding steroid dienone is 1. The van der Waals surface area contributed by atoms with Crippen molar-refractivity contribution in [3.05, 3.63) is 149 Å². The third-order valence-electron chi connectivity index (χ3n) is 7.31. The second-order valence-electron chi connectivity index (χ2n) is 9.85. The number of halogens is 2. The SMILES string of the molecule is Cc1ccc(S(=O)(=O)N(c2ccccc2)c2n[nH]c3c2C=CC(c2ccc(F)cc2)(c2ccc(F)cc2)C3)cc1. The molecule has 1 N–H and O–H groups in total. The molecule has 5 aromatic rings. The van der Waals surface area contributed by atoms with Gasteiger partial charge in [0, 0.05) is 23.1 Å². The van der Waals surface area contributed by atoms with Crippen LogP contribution in [0.4, 0.5) is 20.3 Å². The Labute approximate surface area is 231 Å². The van der Waals surface area contributed by atoms with Crippen LogP contribution in [-0.4, -0.2) is 18.6 Å². The zero-order valence-electron chi connectivity index (χ0n) is 21.6. The number of H-pyrrole nitrogens is 1. The second-order valence-corrected chi connectivity index (χ2v) is 11.6. The summed E-state index contributed by atoms with van der Waals surface area (Å²) < 4.78 is 57.0. The first-order valence-corrected chi connectivity index (χ1v) is 14.2. The summed E-state index contributed by atoms with van der Waals surface area (Å²) in [6.45, 7) is 1.90. The summed E-state index contributed by atoms with van der Waals surface area (Å²) in [7, 11) is -4.04. The van der Waals surface area contributed by atoms with E-state index in [1.165, 1.54) is 28.6 Å². The zero-order chi connectivity index (χ0) is 27.9. The van der Waals surface area contributed by atoms with E-state index >= 15 is 0 Å². The lowest BCUT2D eigenvalue weighted by molar-refractivity contribution is 0.595. The summed E-state index contributed by atoms with van der Waals surface area (Å²) >= 11 is 0. The average molecular weight is 554 g/mol.